The van der Waals surface area contributed by atoms with Crippen LogP contribution in [0.15, 0.2) is 35.5 Å². The maximum Gasteiger partial charge on any atom is 0.251 e. The zero-order valence-corrected chi connectivity index (χ0v) is 18.7. The fourth-order valence-corrected chi connectivity index (χ4v) is 4.69. The van der Waals surface area contributed by atoms with Crippen molar-refractivity contribution in [3.05, 3.63) is 41.7 Å². The van der Waals surface area contributed by atoms with Gasteiger partial charge in [0.05, 0.1) is 11.8 Å². The van der Waals surface area contributed by atoms with Gasteiger partial charge < -0.3 is 15.2 Å². The molecule has 3 rings (SSSR count). The third-order valence-electron chi connectivity index (χ3n) is 5.62. The van der Waals surface area contributed by atoms with Crippen LogP contribution in [0.1, 0.15) is 68.7 Å². The summed E-state index contributed by atoms with van der Waals surface area (Å²) in [5.41, 5.74) is 0.607. The predicted octanol–water partition coefficient (Wildman–Crippen LogP) is 3.58. The normalized spacial score (nSPS) is 19.8. The molecule has 2 amide bonds. The molecule has 0 saturated heterocycles. The quantitative estimate of drug-likeness (QED) is 0.626. The van der Waals surface area contributed by atoms with Gasteiger partial charge in [0, 0.05) is 18.2 Å². The molecule has 0 radical (unpaired) electrons. The van der Waals surface area contributed by atoms with E-state index in [4.69, 9.17) is 0 Å². The highest BCUT2D eigenvalue weighted by Crippen LogP contribution is 2.24. The standard InChI is InChI=1S/C22H31N5O2S/c1-4-27-20(16(3)23-21(29)17-11-6-5-7-12-17)25-26-22(27)30-14-19(28)24-18-13-9-8-10-15(18)2/h5-7,11-12,15-16,18H,4,8-10,13-14H2,1-3H3,(H,23,29)(H,24,28). The van der Waals surface area contributed by atoms with Gasteiger partial charge in [0.15, 0.2) is 11.0 Å². The van der Waals surface area contributed by atoms with Crippen molar-refractivity contribution in [1.82, 2.24) is 25.4 Å². The Morgan fingerprint density at radius 2 is 1.93 bits per heavy atom. The van der Waals surface area contributed by atoms with Crippen molar-refractivity contribution < 1.29 is 9.59 Å². The molecule has 1 aliphatic rings. The second-order valence-electron chi connectivity index (χ2n) is 7.87. The van der Waals surface area contributed by atoms with Gasteiger partial charge in [-0.25, -0.2) is 0 Å². The third kappa shape index (κ3) is 5.62. The average Bonchev–Trinajstić information content (AvgIpc) is 3.17. The Hall–Kier alpha value is -2.35. The fourth-order valence-electron chi connectivity index (χ4n) is 3.87. The molecule has 2 aromatic rings. The van der Waals surface area contributed by atoms with E-state index >= 15 is 0 Å². The summed E-state index contributed by atoms with van der Waals surface area (Å²) < 4.78 is 1.96. The SMILES string of the molecule is CCn1c(SCC(=O)NC2CCCCC2C)nnc1C(C)NC(=O)c1ccccc1. The average molecular weight is 430 g/mol. The van der Waals surface area contributed by atoms with Crippen LogP contribution < -0.4 is 10.6 Å². The Morgan fingerprint density at radius 3 is 2.63 bits per heavy atom. The van der Waals surface area contributed by atoms with Crippen LogP contribution in [-0.2, 0) is 11.3 Å². The monoisotopic (exact) mass is 429 g/mol. The van der Waals surface area contributed by atoms with Crippen molar-refractivity contribution >= 4 is 23.6 Å². The highest BCUT2D eigenvalue weighted by atomic mass is 32.2. The van der Waals surface area contributed by atoms with Gasteiger partial charge in [0.25, 0.3) is 5.91 Å². The van der Waals surface area contributed by atoms with Gasteiger partial charge in [-0.05, 0) is 44.7 Å². The minimum absolute atomic E-state index is 0.0383. The number of nitrogens with zero attached hydrogens (tertiary/aromatic N) is 3. The van der Waals surface area contributed by atoms with Crippen LogP contribution in [0, 0.1) is 5.92 Å². The van der Waals surface area contributed by atoms with Crippen LogP contribution in [0.25, 0.3) is 0 Å². The van der Waals surface area contributed by atoms with Crippen molar-refractivity contribution in [3.8, 4) is 0 Å². The van der Waals surface area contributed by atoms with E-state index in [0.717, 1.165) is 6.42 Å². The van der Waals surface area contributed by atoms with Gasteiger partial charge >= 0.3 is 0 Å². The van der Waals surface area contributed by atoms with Crippen LogP contribution in [-0.4, -0.2) is 38.4 Å². The van der Waals surface area contributed by atoms with Gasteiger partial charge in [-0.3, -0.25) is 9.59 Å². The molecule has 0 bridgehead atoms. The number of benzene rings is 1. The molecule has 3 atom stereocenters. The van der Waals surface area contributed by atoms with E-state index in [-0.39, 0.29) is 23.9 Å². The lowest BCUT2D eigenvalue weighted by atomic mass is 9.86. The molecule has 162 valence electrons. The first-order chi connectivity index (χ1) is 14.5. The number of amides is 2. The molecule has 1 saturated carbocycles. The molecule has 0 aliphatic heterocycles. The Kier molecular flexibility index (Phi) is 7.90. The van der Waals surface area contributed by atoms with E-state index < -0.39 is 0 Å². The predicted molar refractivity (Wildman–Crippen MR) is 118 cm³/mol. The van der Waals surface area contributed by atoms with Gasteiger partial charge in [0.2, 0.25) is 5.91 Å². The molecular weight excluding hydrogens is 398 g/mol. The van der Waals surface area contributed by atoms with Crippen LogP contribution in [0.3, 0.4) is 0 Å². The summed E-state index contributed by atoms with van der Waals surface area (Å²) in [6.07, 6.45) is 4.68. The number of nitrogens with one attached hydrogen (secondary N) is 2. The van der Waals surface area contributed by atoms with Crippen molar-refractivity contribution in [2.75, 3.05) is 5.75 Å². The van der Waals surface area contributed by atoms with Crippen LogP contribution in [0.4, 0.5) is 0 Å². The Bertz CT molecular complexity index is 854. The molecule has 3 unspecified atom stereocenters. The van der Waals surface area contributed by atoms with Crippen molar-refractivity contribution in [1.29, 1.82) is 0 Å². The first-order valence-electron chi connectivity index (χ1n) is 10.7. The lowest BCUT2D eigenvalue weighted by Crippen LogP contribution is -2.41. The Balaban J connectivity index is 1.58. The number of rotatable bonds is 8. The maximum absolute atomic E-state index is 12.4. The van der Waals surface area contributed by atoms with Crippen molar-refractivity contribution in [2.45, 2.75) is 70.2 Å². The number of carbonyl (C=O) groups excluding carboxylic acids is 2. The topological polar surface area (TPSA) is 88.9 Å². The molecule has 30 heavy (non-hydrogen) atoms. The molecule has 1 fully saturated rings. The molecule has 1 aliphatic carbocycles. The number of thioether (sulfide) groups is 1. The summed E-state index contributed by atoms with van der Waals surface area (Å²) in [6, 6.07) is 9.09. The molecule has 1 aromatic heterocycles. The summed E-state index contributed by atoms with van der Waals surface area (Å²) in [5.74, 6) is 1.42. The lowest BCUT2D eigenvalue weighted by Gasteiger charge is -2.29. The first-order valence-corrected chi connectivity index (χ1v) is 11.7. The summed E-state index contributed by atoms with van der Waals surface area (Å²) in [7, 11) is 0. The first kappa shape index (κ1) is 22.3. The second-order valence-corrected chi connectivity index (χ2v) is 8.81. The van der Waals surface area contributed by atoms with E-state index in [1.807, 2.05) is 36.6 Å². The largest absolute Gasteiger partial charge is 0.352 e. The Morgan fingerprint density at radius 1 is 1.20 bits per heavy atom. The van der Waals surface area contributed by atoms with E-state index in [1.54, 1.807) is 12.1 Å². The van der Waals surface area contributed by atoms with E-state index in [9.17, 15) is 9.59 Å². The highest BCUT2D eigenvalue weighted by Gasteiger charge is 2.24. The van der Waals surface area contributed by atoms with E-state index in [1.165, 1.54) is 31.0 Å². The number of aromatic nitrogens is 3. The highest BCUT2D eigenvalue weighted by molar-refractivity contribution is 7.99. The zero-order valence-electron chi connectivity index (χ0n) is 17.9. The molecule has 8 heteroatoms. The number of hydrogen-bond donors (Lipinski definition) is 2. The summed E-state index contributed by atoms with van der Waals surface area (Å²) in [5, 5.41) is 15.4. The third-order valence-corrected chi connectivity index (χ3v) is 6.59. The minimum atomic E-state index is -0.295. The second kappa shape index (κ2) is 10.6. The smallest absolute Gasteiger partial charge is 0.251 e. The zero-order chi connectivity index (χ0) is 21.5. The van der Waals surface area contributed by atoms with Gasteiger partial charge in [0.1, 0.15) is 0 Å². The van der Waals surface area contributed by atoms with E-state index in [2.05, 4.69) is 27.8 Å². The summed E-state index contributed by atoms with van der Waals surface area (Å²) in [6.45, 7) is 6.77. The fraction of sp³-hybridized carbons (Fsp3) is 0.545. The van der Waals surface area contributed by atoms with Crippen molar-refractivity contribution in [3.63, 3.8) is 0 Å². The maximum atomic E-state index is 12.4. The molecule has 2 N–H and O–H groups in total. The molecule has 0 spiro atoms. The molecule has 1 heterocycles. The van der Waals surface area contributed by atoms with Gasteiger partial charge in [-0.2, -0.15) is 0 Å². The van der Waals surface area contributed by atoms with Crippen LogP contribution in [0.5, 0.6) is 0 Å². The number of hydrogen-bond acceptors (Lipinski definition) is 5. The molecular formula is C22H31N5O2S. The molecule has 7 nitrogen and oxygen atoms in total. The molecule has 1 aromatic carbocycles. The lowest BCUT2D eigenvalue weighted by molar-refractivity contribution is -0.119. The Labute approximate surface area is 182 Å². The van der Waals surface area contributed by atoms with Gasteiger partial charge in [-0.1, -0.05) is 49.7 Å². The van der Waals surface area contributed by atoms with Crippen LogP contribution >= 0.6 is 11.8 Å². The number of carbonyl (C=O) groups is 2. The van der Waals surface area contributed by atoms with E-state index in [0.29, 0.717) is 34.8 Å². The summed E-state index contributed by atoms with van der Waals surface area (Å²) in [4.78, 5) is 24.9. The summed E-state index contributed by atoms with van der Waals surface area (Å²) >= 11 is 1.39. The van der Waals surface area contributed by atoms with Gasteiger partial charge in [-0.15, -0.1) is 10.2 Å². The minimum Gasteiger partial charge on any atom is -0.352 e. The van der Waals surface area contributed by atoms with Crippen LogP contribution in [0.2, 0.25) is 0 Å². The van der Waals surface area contributed by atoms with Crippen molar-refractivity contribution in [2.24, 2.45) is 5.92 Å².